The molecule has 0 bridgehead atoms. The maximum Gasteiger partial charge on any atom is 0.295 e. The van der Waals surface area contributed by atoms with Crippen molar-refractivity contribution in [2.75, 3.05) is 6.61 Å². The van der Waals surface area contributed by atoms with Crippen LogP contribution in [0.25, 0.3) is 0 Å². The first-order valence-electron chi connectivity index (χ1n) is 4.83. The fraction of sp³-hybridized carbons (Fsp3) is 0.333. The maximum absolute atomic E-state index is 10.4. The quantitative estimate of drug-likeness (QED) is 0.415. The van der Waals surface area contributed by atoms with Crippen LogP contribution >= 0.6 is 22.6 Å². The normalized spacial score (nSPS) is 11.6. The summed E-state index contributed by atoms with van der Waals surface area (Å²) in [7, 11) is 0. The monoisotopic (exact) mass is 368 g/mol. The molecule has 0 N–H and O–H groups in total. The standard InChI is InChI=1S/C9H9IN2O6/c10-8-4-2-1-3-7(8)9(18-12(15)16)5-6-17-11(13)14/h1-4,9H,5-6H2. The Morgan fingerprint density at radius 2 is 1.89 bits per heavy atom. The number of halogens is 1. The molecular formula is C9H9IN2O6. The van der Waals surface area contributed by atoms with E-state index in [1.165, 1.54) is 0 Å². The van der Waals surface area contributed by atoms with E-state index in [1.54, 1.807) is 24.3 Å². The van der Waals surface area contributed by atoms with Crippen LogP contribution in [0.4, 0.5) is 0 Å². The number of hydrogen-bond donors (Lipinski definition) is 0. The van der Waals surface area contributed by atoms with Crippen LogP contribution in [0.5, 0.6) is 0 Å². The molecule has 1 aromatic carbocycles. The number of nitrogens with zero attached hydrogens (tertiary/aromatic N) is 2. The molecule has 0 radical (unpaired) electrons. The molecule has 1 aromatic rings. The lowest BCUT2D eigenvalue weighted by Gasteiger charge is -2.15. The average molecular weight is 368 g/mol. The summed E-state index contributed by atoms with van der Waals surface area (Å²) in [5, 5.41) is 18.5. The van der Waals surface area contributed by atoms with Crippen LogP contribution in [-0.2, 0) is 9.68 Å². The fourth-order valence-corrected chi connectivity index (χ4v) is 2.07. The van der Waals surface area contributed by atoms with E-state index in [2.05, 4.69) is 9.68 Å². The van der Waals surface area contributed by atoms with Crippen molar-refractivity contribution in [2.24, 2.45) is 0 Å². The average Bonchev–Trinajstić information content (AvgIpc) is 2.27. The zero-order chi connectivity index (χ0) is 13.5. The molecule has 9 heteroatoms. The molecular weight excluding hydrogens is 359 g/mol. The van der Waals surface area contributed by atoms with Crippen LogP contribution in [-0.4, -0.2) is 16.8 Å². The third-order valence-electron chi connectivity index (χ3n) is 2.04. The lowest BCUT2D eigenvalue weighted by molar-refractivity contribution is -0.776. The van der Waals surface area contributed by atoms with Crippen molar-refractivity contribution in [3.8, 4) is 0 Å². The molecule has 18 heavy (non-hydrogen) atoms. The van der Waals surface area contributed by atoms with Gasteiger partial charge in [-0.1, -0.05) is 18.2 Å². The van der Waals surface area contributed by atoms with Gasteiger partial charge in [0.15, 0.2) is 0 Å². The molecule has 1 atom stereocenters. The minimum atomic E-state index is -0.945. The SMILES string of the molecule is O=[N+]([O-])OCCC(O[N+](=O)[O-])c1ccccc1I. The first-order chi connectivity index (χ1) is 8.50. The van der Waals surface area contributed by atoms with Crippen molar-refractivity contribution in [3.05, 3.63) is 53.6 Å². The molecule has 0 spiro atoms. The van der Waals surface area contributed by atoms with Gasteiger partial charge in [0.1, 0.15) is 6.10 Å². The topological polar surface area (TPSA) is 105 Å². The Kier molecular flexibility index (Phi) is 5.55. The van der Waals surface area contributed by atoms with Crippen molar-refractivity contribution >= 4 is 22.6 Å². The highest BCUT2D eigenvalue weighted by molar-refractivity contribution is 14.1. The van der Waals surface area contributed by atoms with Gasteiger partial charge in [0.25, 0.3) is 10.2 Å². The Morgan fingerprint density at radius 1 is 1.22 bits per heavy atom. The molecule has 0 aromatic heterocycles. The molecule has 1 unspecified atom stereocenters. The molecule has 8 nitrogen and oxygen atoms in total. The summed E-state index contributed by atoms with van der Waals surface area (Å²) in [5.74, 6) is 0. The van der Waals surface area contributed by atoms with Crippen LogP contribution < -0.4 is 0 Å². The van der Waals surface area contributed by atoms with Gasteiger partial charge in [-0.25, -0.2) is 0 Å². The molecule has 0 heterocycles. The highest BCUT2D eigenvalue weighted by Gasteiger charge is 2.18. The molecule has 0 amide bonds. The second kappa shape index (κ2) is 6.93. The first-order valence-corrected chi connectivity index (χ1v) is 5.91. The summed E-state index contributed by atoms with van der Waals surface area (Å²) in [5.41, 5.74) is 0.599. The van der Waals surface area contributed by atoms with E-state index in [1.807, 2.05) is 22.6 Å². The summed E-state index contributed by atoms with van der Waals surface area (Å²) in [6.45, 7) is -0.267. The number of benzene rings is 1. The second-order valence-corrected chi connectivity index (χ2v) is 4.35. The summed E-state index contributed by atoms with van der Waals surface area (Å²) in [6.07, 6.45) is -0.866. The van der Waals surface area contributed by atoms with Crippen LogP contribution in [0.15, 0.2) is 24.3 Å². The Balaban J connectivity index is 2.75. The van der Waals surface area contributed by atoms with Gasteiger partial charge < -0.3 is 9.68 Å². The van der Waals surface area contributed by atoms with Gasteiger partial charge in [0.05, 0.1) is 6.61 Å². The van der Waals surface area contributed by atoms with E-state index in [0.717, 1.165) is 3.57 Å². The van der Waals surface area contributed by atoms with E-state index in [4.69, 9.17) is 0 Å². The van der Waals surface area contributed by atoms with Crippen molar-refractivity contribution in [2.45, 2.75) is 12.5 Å². The van der Waals surface area contributed by atoms with E-state index in [0.29, 0.717) is 5.56 Å². The minimum Gasteiger partial charge on any atom is -0.314 e. The molecule has 0 saturated carbocycles. The zero-order valence-electron chi connectivity index (χ0n) is 9.02. The summed E-state index contributed by atoms with van der Waals surface area (Å²) >= 11 is 2.01. The summed E-state index contributed by atoms with van der Waals surface area (Å²) in [4.78, 5) is 29.1. The Morgan fingerprint density at radius 3 is 2.44 bits per heavy atom. The Hall–Kier alpha value is -1.65. The molecule has 0 saturated heterocycles. The third kappa shape index (κ3) is 4.69. The van der Waals surface area contributed by atoms with Gasteiger partial charge >= 0.3 is 0 Å². The van der Waals surface area contributed by atoms with Crippen molar-refractivity contribution in [1.82, 2.24) is 0 Å². The molecule has 0 aliphatic carbocycles. The Bertz CT molecular complexity index is 441. The summed E-state index contributed by atoms with van der Waals surface area (Å²) in [6, 6.07) is 6.92. The van der Waals surface area contributed by atoms with Crippen molar-refractivity contribution in [3.63, 3.8) is 0 Å². The van der Waals surface area contributed by atoms with E-state index < -0.39 is 16.3 Å². The molecule has 1 rings (SSSR count). The van der Waals surface area contributed by atoms with Crippen molar-refractivity contribution < 1.29 is 19.8 Å². The van der Waals surface area contributed by atoms with Crippen molar-refractivity contribution in [1.29, 1.82) is 0 Å². The molecule has 98 valence electrons. The van der Waals surface area contributed by atoms with Gasteiger partial charge in [0, 0.05) is 9.99 Å². The highest BCUT2D eigenvalue weighted by Crippen LogP contribution is 2.25. The van der Waals surface area contributed by atoms with E-state index >= 15 is 0 Å². The van der Waals surface area contributed by atoms with Crippen LogP contribution in [0.3, 0.4) is 0 Å². The molecule has 0 aliphatic rings. The lowest BCUT2D eigenvalue weighted by atomic mass is 10.1. The van der Waals surface area contributed by atoms with E-state index in [9.17, 15) is 20.2 Å². The minimum absolute atomic E-state index is 0.0158. The number of hydrogen-bond acceptors (Lipinski definition) is 6. The number of rotatable bonds is 7. The largest absolute Gasteiger partial charge is 0.314 e. The smallest absolute Gasteiger partial charge is 0.295 e. The van der Waals surface area contributed by atoms with Gasteiger partial charge in [-0.2, -0.15) is 0 Å². The zero-order valence-corrected chi connectivity index (χ0v) is 11.2. The molecule has 0 aliphatic heterocycles. The van der Waals surface area contributed by atoms with Gasteiger partial charge in [0.2, 0.25) is 0 Å². The highest BCUT2D eigenvalue weighted by atomic mass is 127. The molecule has 0 fully saturated rings. The maximum atomic E-state index is 10.4. The fourth-order valence-electron chi connectivity index (χ4n) is 1.34. The third-order valence-corrected chi connectivity index (χ3v) is 3.02. The van der Waals surface area contributed by atoms with Crippen LogP contribution in [0.2, 0.25) is 0 Å². The first kappa shape index (κ1) is 14.4. The van der Waals surface area contributed by atoms with Crippen LogP contribution in [0, 0.1) is 23.8 Å². The second-order valence-electron chi connectivity index (χ2n) is 3.18. The summed E-state index contributed by atoms with van der Waals surface area (Å²) < 4.78 is 0.781. The predicted octanol–water partition coefficient (Wildman–Crippen LogP) is 2.14. The Labute approximate surface area is 115 Å². The van der Waals surface area contributed by atoms with E-state index in [-0.39, 0.29) is 13.0 Å². The van der Waals surface area contributed by atoms with Gasteiger partial charge in [-0.05, 0) is 34.2 Å². The lowest BCUT2D eigenvalue weighted by Crippen LogP contribution is -2.14. The van der Waals surface area contributed by atoms with Crippen LogP contribution in [0.1, 0.15) is 18.1 Å². The van der Waals surface area contributed by atoms with Gasteiger partial charge in [-0.15, -0.1) is 20.2 Å². The predicted molar refractivity (Wildman–Crippen MR) is 67.5 cm³/mol. The van der Waals surface area contributed by atoms with Gasteiger partial charge in [-0.3, -0.25) is 0 Å².